The number of nitriles is 1. The molecule has 0 unspecified atom stereocenters. The van der Waals surface area contributed by atoms with Crippen LogP contribution in [0.15, 0.2) is 22.6 Å². The largest absolute Gasteiger partial charge is 0.437 e. The summed E-state index contributed by atoms with van der Waals surface area (Å²) in [7, 11) is 1.92. The number of rotatable bonds is 1. The van der Waals surface area contributed by atoms with E-state index in [-0.39, 0.29) is 0 Å². The highest BCUT2D eigenvalue weighted by molar-refractivity contribution is 5.81. The lowest BCUT2D eigenvalue weighted by molar-refractivity contribution is 0.528. The van der Waals surface area contributed by atoms with E-state index in [0.29, 0.717) is 17.2 Å². The van der Waals surface area contributed by atoms with E-state index in [1.165, 1.54) is 0 Å². The van der Waals surface area contributed by atoms with Crippen LogP contribution in [0.1, 0.15) is 17.1 Å². The molecule has 0 bridgehead atoms. The fourth-order valence-corrected chi connectivity index (χ4v) is 2.21. The molecule has 0 saturated carbocycles. The molecule has 94 valence electrons. The quantitative estimate of drug-likeness (QED) is 0.667. The third kappa shape index (κ3) is 1.69. The van der Waals surface area contributed by atoms with E-state index in [1.54, 1.807) is 12.1 Å². The molecular weight excluding hydrogens is 240 g/mol. The van der Waals surface area contributed by atoms with Crippen LogP contribution in [0.3, 0.4) is 0 Å². The third-order valence-corrected chi connectivity index (χ3v) is 3.12. The second kappa shape index (κ2) is 3.95. The Balaban J connectivity index is 2.28. The molecule has 2 heterocycles. The van der Waals surface area contributed by atoms with Gasteiger partial charge >= 0.3 is 0 Å². The Bertz CT molecular complexity index is 820. The predicted octanol–water partition coefficient (Wildman–Crippen LogP) is 2.72. The highest BCUT2D eigenvalue weighted by Gasteiger charge is 2.17. The Morgan fingerprint density at radius 1 is 1.26 bits per heavy atom. The molecule has 3 rings (SSSR count). The van der Waals surface area contributed by atoms with Gasteiger partial charge in [0.25, 0.3) is 0 Å². The second-order valence-electron chi connectivity index (χ2n) is 4.46. The van der Waals surface area contributed by atoms with Crippen LogP contribution in [-0.4, -0.2) is 14.5 Å². The van der Waals surface area contributed by atoms with Crippen molar-refractivity contribution in [3.8, 4) is 17.7 Å². The van der Waals surface area contributed by atoms with Crippen molar-refractivity contribution in [2.45, 2.75) is 13.8 Å². The molecule has 5 nitrogen and oxygen atoms in total. The Labute approximate surface area is 110 Å². The van der Waals surface area contributed by atoms with Crippen LogP contribution in [0.2, 0.25) is 0 Å². The zero-order valence-corrected chi connectivity index (χ0v) is 10.9. The van der Waals surface area contributed by atoms with Gasteiger partial charge in [0.1, 0.15) is 0 Å². The van der Waals surface area contributed by atoms with E-state index in [9.17, 15) is 0 Å². The molecule has 5 heteroatoms. The van der Waals surface area contributed by atoms with Gasteiger partial charge < -0.3 is 8.98 Å². The van der Waals surface area contributed by atoms with E-state index < -0.39 is 0 Å². The van der Waals surface area contributed by atoms with E-state index in [4.69, 9.17) is 9.68 Å². The summed E-state index contributed by atoms with van der Waals surface area (Å²) in [5.74, 6) is 2.02. The summed E-state index contributed by atoms with van der Waals surface area (Å²) in [6, 6.07) is 7.57. The van der Waals surface area contributed by atoms with Crippen LogP contribution in [0.4, 0.5) is 0 Å². The van der Waals surface area contributed by atoms with Crippen molar-refractivity contribution in [1.29, 1.82) is 5.26 Å². The summed E-state index contributed by atoms with van der Waals surface area (Å²) in [6.45, 7) is 3.71. The Kier molecular flexibility index (Phi) is 2.39. The smallest absolute Gasteiger partial charge is 0.193 e. The maximum atomic E-state index is 8.92. The normalized spacial score (nSPS) is 10.8. The molecule has 19 heavy (non-hydrogen) atoms. The van der Waals surface area contributed by atoms with E-state index in [2.05, 4.69) is 16.0 Å². The molecule has 0 aliphatic rings. The van der Waals surface area contributed by atoms with Gasteiger partial charge in [-0.1, -0.05) is 0 Å². The number of aromatic nitrogens is 3. The SMILES string of the molecule is Cc1nc(C)c(-c2nc3cc(C#N)ccc3n2C)o1. The fourth-order valence-electron chi connectivity index (χ4n) is 2.21. The van der Waals surface area contributed by atoms with Crippen molar-refractivity contribution in [3.05, 3.63) is 35.3 Å². The number of imidazole rings is 1. The van der Waals surface area contributed by atoms with Crippen LogP contribution in [-0.2, 0) is 7.05 Å². The molecule has 0 aliphatic carbocycles. The van der Waals surface area contributed by atoms with Crippen molar-refractivity contribution >= 4 is 11.0 Å². The van der Waals surface area contributed by atoms with Gasteiger partial charge in [0.05, 0.1) is 28.4 Å². The van der Waals surface area contributed by atoms with Crippen molar-refractivity contribution in [2.24, 2.45) is 7.05 Å². The molecule has 2 aromatic heterocycles. The minimum absolute atomic E-state index is 0.600. The van der Waals surface area contributed by atoms with Gasteiger partial charge in [-0.25, -0.2) is 9.97 Å². The summed E-state index contributed by atoms with van der Waals surface area (Å²) in [6.07, 6.45) is 0. The molecule has 0 aliphatic heterocycles. The standard InChI is InChI=1S/C14H12N4O/c1-8-13(19-9(2)16-8)14-17-11-6-10(7-15)4-5-12(11)18(14)3/h4-6H,1-3H3. The molecule has 0 fully saturated rings. The fraction of sp³-hybridized carbons (Fsp3) is 0.214. The van der Waals surface area contributed by atoms with Gasteiger partial charge in [-0.15, -0.1) is 0 Å². The molecular formula is C14H12N4O. The lowest BCUT2D eigenvalue weighted by Gasteiger charge is -1.99. The molecule has 0 amide bonds. The maximum Gasteiger partial charge on any atom is 0.193 e. The van der Waals surface area contributed by atoms with E-state index >= 15 is 0 Å². The first-order chi connectivity index (χ1) is 9.10. The van der Waals surface area contributed by atoms with Crippen molar-refractivity contribution < 1.29 is 4.42 Å². The molecule has 0 atom stereocenters. The first-order valence-corrected chi connectivity index (χ1v) is 5.91. The highest BCUT2D eigenvalue weighted by Crippen LogP contribution is 2.27. The van der Waals surface area contributed by atoms with Crippen LogP contribution < -0.4 is 0 Å². The topological polar surface area (TPSA) is 67.6 Å². The lowest BCUT2D eigenvalue weighted by atomic mass is 10.2. The van der Waals surface area contributed by atoms with Crippen LogP contribution >= 0.6 is 0 Å². The van der Waals surface area contributed by atoms with Gasteiger partial charge in [0.15, 0.2) is 17.5 Å². The maximum absolute atomic E-state index is 8.92. The Morgan fingerprint density at radius 3 is 2.68 bits per heavy atom. The minimum Gasteiger partial charge on any atom is -0.437 e. The predicted molar refractivity (Wildman–Crippen MR) is 70.4 cm³/mol. The summed E-state index contributed by atoms with van der Waals surface area (Å²) in [5.41, 5.74) is 3.16. The first kappa shape index (κ1) is 11.5. The van der Waals surface area contributed by atoms with Gasteiger partial charge in [-0.2, -0.15) is 5.26 Å². The van der Waals surface area contributed by atoms with Crippen LogP contribution in [0, 0.1) is 25.2 Å². The third-order valence-electron chi connectivity index (χ3n) is 3.12. The number of oxazole rings is 1. The van der Waals surface area contributed by atoms with Crippen molar-refractivity contribution in [3.63, 3.8) is 0 Å². The Hall–Kier alpha value is -2.61. The zero-order valence-electron chi connectivity index (χ0n) is 10.9. The number of fused-ring (bicyclic) bond motifs is 1. The number of aryl methyl sites for hydroxylation is 3. The summed E-state index contributed by atoms with van der Waals surface area (Å²) < 4.78 is 7.56. The number of benzene rings is 1. The van der Waals surface area contributed by atoms with Crippen LogP contribution in [0.25, 0.3) is 22.6 Å². The molecule has 0 spiro atoms. The summed E-state index contributed by atoms with van der Waals surface area (Å²) in [5, 5.41) is 8.92. The monoisotopic (exact) mass is 252 g/mol. The van der Waals surface area contributed by atoms with Gasteiger partial charge in [0.2, 0.25) is 0 Å². The van der Waals surface area contributed by atoms with E-state index in [1.807, 2.05) is 31.5 Å². The molecule has 0 N–H and O–H groups in total. The molecule has 1 aromatic carbocycles. The minimum atomic E-state index is 0.600. The average molecular weight is 252 g/mol. The summed E-state index contributed by atoms with van der Waals surface area (Å²) in [4.78, 5) is 8.80. The lowest BCUT2D eigenvalue weighted by Crippen LogP contribution is -1.92. The van der Waals surface area contributed by atoms with Gasteiger partial charge in [-0.05, 0) is 25.1 Å². The second-order valence-corrected chi connectivity index (χ2v) is 4.46. The van der Waals surface area contributed by atoms with E-state index in [0.717, 1.165) is 22.6 Å². The first-order valence-electron chi connectivity index (χ1n) is 5.91. The molecule has 0 saturated heterocycles. The van der Waals surface area contributed by atoms with Crippen molar-refractivity contribution in [1.82, 2.24) is 14.5 Å². The van der Waals surface area contributed by atoms with Gasteiger partial charge in [0, 0.05) is 14.0 Å². The molecule has 3 aromatic rings. The van der Waals surface area contributed by atoms with Gasteiger partial charge in [-0.3, -0.25) is 0 Å². The van der Waals surface area contributed by atoms with Crippen LogP contribution in [0.5, 0.6) is 0 Å². The summed E-state index contributed by atoms with van der Waals surface area (Å²) >= 11 is 0. The number of hydrogen-bond acceptors (Lipinski definition) is 4. The highest BCUT2D eigenvalue weighted by atomic mass is 16.4. The molecule has 0 radical (unpaired) electrons. The number of hydrogen-bond donors (Lipinski definition) is 0. The Morgan fingerprint density at radius 2 is 2.05 bits per heavy atom. The van der Waals surface area contributed by atoms with Crippen molar-refractivity contribution in [2.75, 3.05) is 0 Å². The number of nitrogens with zero attached hydrogens (tertiary/aromatic N) is 4. The average Bonchev–Trinajstić information content (AvgIpc) is 2.89. The zero-order chi connectivity index (χ0) is 13.6.